The minimum atomic E-state index is 0.155. The quantitative estimate of drug-likeness (QED) is 0.822. The monoisotopic (exact) mass is 367 g/mol. The number of hydrogen-bond donors (Lipinski definition) is 1. The highest BCUT2D eigenvalue weighted by Gasteiger charge is 2.22. The number of ether oxygens (including phenoxy) is 2. The summed E-state index contributed by atoms with van der Waals surface area (Å²) in [5.74, 6) is 1.72. The lowest BCUT2D eigenvalue weighted by atomic mass is 10.00. The van der Waals surface area contributed by atoms with Crippen LogP contribution in [0.5, 0.6) is 11.5 Å². The van der Waals surface area contributed by atoms with Crippen molar-refractivity contribution in [2.75, 3.05) is 19.0 Å². The number of rotatable bonds is 3. The van der Waals surface area contributed by atoms with Gasteiger partial charge in [-0.3, -0.25) is 0 Å². The summed E-state index contributed by atoms with van der Waals surface area (Å²) < 4.78 is 12.0. The molecule has 0 aliphatic carbocycles. The number of methoxy groups -OCH3 is 1. The van der Waals surface area contributed by atoms with Crippen molar-refractivity contribution in [3.8, 4) is 11.5 Å². The van der Waals surface area contributed by atoms with Crippen LogP contribution in [0.4, 0.5) is 5.69 Å². The second-order valence-electron chi connectivity index (χ2n) is 4.86. The van der Waals surface area contributed by atoms with E-state index in [9.17, 15) is 0 Å². The molecule has 1 aliphatic heterocycles. The molecule has 0 aromatic heterocycles. The summed E-state index contributed by atoms with van der Waals surface area (Å²) in [6.45, 7) is 0.686. The molecular formula is C16H15BrClNO2. The van der Waals surface area contributed by atoms with Crippen LogP contribution in [0.25, 0.3) is 0 Å². The SMILES string of the molecule is COc1ccc2c(c1)C(Nc1ccc(Br)cc1Cl)CCO2. The average Bonchev–Trinajstić information content (AvgIpc) is 2.50. The maximum absolute atomic E-state index is 6.29. The second kappa shape index (κ2) is 6.16. The summed E-state index contributed by atoms with van der Waals surface area (Å²) in [6, 6.07) is 11.9. The molecule has 2 aromatic rings. The van der Waals surface area contributed by atoms with Gasteiger partial charge in [0.05, 0.1) is 30.5 Å². The number of anilines is 1. The summed E-state index contributed by atoms with van der Waals surface area (Å²) in [5, 5.41) is 4.19. The highest BCUT2D eigenvalue weighted by atomic mass is 79.9. The van der Waals surface area contributed by atoms with E-state index < -0.39 is 0 Å². The lowest BCUT2D eigenvalue weighted by Gasteiger charge is -2.28. The van der Waals surface area contributed by atoms with Crippen molar-refractivity contribution in [2.45, 2.75) is 12.5 Å². The standard InChI is InChI=1S/C16H15BrClNO2/c1-20-11-3-5-16-12(9-11)14(6-7-21-16)19-15-4-2-10(17)8-13(15)18/h2-5,8-9,14,19H,6-7H2,1H3. The van der Waals surface area contributed by atoms with E-state index in [1.54, 1.807) is 7.11 Å². The van der Waals surface area contributed by atoms with Crippen LogP contribution in [0.3, 0.4) is 0 Å². The number of benzene rings is 2. The highest BCUT2D eigenvalue weighted by Crippen LogP contribution is 2.38. The second-order valence-corrected chi connectivity index (χ2v) is 6.18. The molecule has 0 bridgehead atoms. The minimum Gasteiger partial charge on any atom is -0.497 e. The normalized spacial score (nSPS) is 16.8. The number of nitrogens with one attached hydrogen (secondary N) is 1. The first-order valence-electron chi connectivity index (χ1n) is 6.69. The highest BCUT2D eigenvalue weighted by molar-refractivity contribution is 9.10. The third-order valence-electron chi connectivity index (χ3n) is 3.52. The molecule has 1 atom stereocenters. The van der Waals surface area contributed by atoms with Crippen molar-refractivity contribution in [2.24, 2.45) is 0 Å². The molecule has 2 aromatic carbocycles. The fraction of sp³-hybridized carbons (Fsp3) is 0.250. The van der Waals surface area contributed by atoms with Crippen molar-refractivity contribution in [3.05, 3.63) is 51.5 Å². The first-order chi connectivity index (χ1) is 10.2. The zero-order chi connectivity index (χ0) is 14.8. The zero-order valence-electron chi connectivity index (χ0n) is 11.5. The molecule has 1 heterocycles. The van der Waals surface area contributed by atoms with Crippen molar-refractivity contribution in [3.63, 3.8) is 0 Å². The van der Waals surface area contributed by atoms with E-state index in [1.807, 2.05) is 36.4 Å². The van der Waals surface area contributed by atoms with Gasteiger partial charge in [0.1, 0.15) is 11.5 Å². The predicted octanol–water partition coefficient (Wildman–Crippen LogP) is 5.05. The van der Waals surface area contributed by atoms with Gasteiger partial charge in [0.15, 0.2) is 0 Å². The Morgan fingerprint density at radius 1 is 1.29 bits per heavy atom. The Hall–Kier alpha value is -1.39. The van der Waals surface area contributed by atoms with Crippen LogP contribution in [0, 0.1) is 0 Å². The molecule has 5 heteroatoms. The molecule has 1 unspecified atom stereocenters. The van der Waals surface area contributed by atoms with Crippen molar-refractivity contribution < 1.29 is 9.47 Å². The van der Waals surface area contributed by atoms with Gasteiger partial charge >= 0.3 is 0 Å². The molecule has 3 nitrogen and oxygen atoms in total. The molecular weight excluding hydrogens is 354 g/mol. The van der Waals surface area contributed by atoms with Gasteiger partial charge in [-0.2, -0.15) is 0 Å². The molecule has 3 rings (SSSR count). The average molecular weight is 369 g/mol. The summed E-state index contributed by atoms with van der Waals surface area (Å²) in [4.78, 5) is 0. The summed E-state index contributed by atoms with van der Waals surface area (Å²) in [7, 11) is 1.67. The maximum atomic E-state index is 6.29. The Balaban J connectivity index is 1.90. The molecule has 0 saturated carbocycles. The Kier molecular flexibility index (Phi) is 4.27. The summed E-state index contributed by atoms with van der Waals surface area (Å²) in [5.41, 5.74) is 2.01. The molecule has 21 heavy (non-hydrogen) atoms. The van der Waals surface area contributed by atoms with Gasteiger partial charge in [0, 0.05) is 16.5 Å². The van der Waals surface area contributed by atoms with Crippen molar-refractivity contribution in [1.82, 2.24) is 0 Å². The van der Waals surface area contributed by atoms with Gasteiger partial charge in [-0.1, -0.05) is 27.5 Å². The third kappa shape index (κ3) is 3.11. The summed E-state index contributed by atoms with van der Waals surface area (Å²) in [6.07, 6.45) is 0.882. The molecule has 1 aliphatic rings. The molecule has 0 radical (unpaired) electrons. The lowest BCUT2D eigenvalue weighted by Crippen LogP contribution is -2.20. The fourth-order valence-corrected chi connectivity index (χ4v) is 3.17. The van der Waals surface area contributed by atoms with Gasteiger partial charge < -0.3 is 14.8 Å². The smallest absolute Gasteiger partial charge is 0.124 e. The molecule has 0 amide bonds. The van der Waals surface area contributed by atoms with E-state index in [0.29, 0.717) is 11.6 Å². The predicted molar refractivity (Wildman–Crippen MR) is 88.6 cm³/mol. The third-order valence-corrected chi connectivity index (χ3v) is 4.32. The van der Waals surface area contributed by atoms with Gasteiger partial charge in [0.2, 0.25) is 0 Å². The molecule has 0 fully saturated rings. The number of halogens is 2. The van der Waals surface area contributed by atoms with E-state index in [4.69, 9.17) is 21.1 Å². The van der Waals surface area contributed by atoms with Gasteiger partial charge in [-0.05, 0) is 36.4 Å². The van der Waals surface area contributed by atoms with Crippen LogP contribution in [-0.4, -0.2) is 13.7 Å². The van der Waals surface area contributed by atoms with Crippen LogP contribution in [0.2, 0.25) is 5.02 Å². The van der Waals surface area contributed by atoms with E-state index in [2.05, 4.69) is 21.2 Å². The molecule has 0 spiro atoms. The zero-order valence-corrected chi connectivity index (χ0v) is 13.9. The van der Waals surface area contributed by atoms with E-state index >= 15 is 0 Å². The van der Waals surface area contributed by atoms with E-state index in [-0.39, 0.29) is 6.04 Å². The number of fused-ring (bicyclic) bond motifs is 1. The molecule has 110 valence electrons. The van der Waals surface area contributed by atoms with Gasteiger partial charge in [0.25, 0.3) is 0 Å². The van der Waals surface area contributed by atoms with E-state index in [0.717, 1.165) is 33.6 Å². The lowest BCUT2D eigenvalue weighted by molar-refractivity contribution is 0.273. The first kappa shape index (κ1) is 14.5. The van der Waals surface area contributed by atoms with Crippen LogP contribution >= 0.6 is 27.5 Å². The van der Waals surface area contributed by atoms with Crippen LogP contribution in [0.15, 0.2) is 40.9 Å². The summed E-state index contributed by atoms with van der Waals surface area (Å²) >= 11 is 9.70. The van der Waals surface area contributed by atoms with Crippen LogP contribution in [0.1, 0.15) is 18.0 Å². The Morgan fingerprint density at radius 2 is 2.14 bits per heavy atom. The topological polar surface area (TPSA) is 30.5 Å². The molecule has 1 N–H and O–H groups in total. The first-order valence-corrected chi connectivity index (χ1v) is 7.87. The Morgan fingerprint density at radius 3 is 2.90 bits per heavy atom. The van der Waals surface area contributed by atoms with Crippen molar-refractivity contribution in [1.29, 1.82) is 0 Å². The molecule has 0 saturated heterocycles. The largest absolute Gasteiger partial charge is 0.497 e. The van der Waals surface area contributed by atoms with Gasteiger partial charge in [-0.25, -0.2) is 0 Å². The van der Waals surface area contributed by atoms with Crippen LogP contribution < -0.4 is 14.8 Å². The Labute approximate surface area is 137 Å². The fourth-order valence-electron chi connectivity index (χ4n) is 2.44. The van der Waals surface area contributed by atoms with Crippen LogP contribution in [-0.2, 0) is 0 Å². The minimum absolute atomic E-state index is 0.155. The maximum Gasteiger partial charge on any atom is 0.124 e. The van der Waals surface area contributed by atoms with Crippen molar-refractivity contribution >= 4 is 33.2 Å². The Bertz CT molecular complexity index is 663. The van der Waals surface area contributed by atoms with E-state index in [1.165, 1.54) is 0 Å². The van der Waals surface area contributed by atoms with Gasteiger partial charge in [-0.15, -0.1) is 0 Å². The number of hydrogen-bond acceptors (Lipinski definition) is 3.